The van der Waals surface area contributed by atoms with Crippen LogP contribution in [0.15, 0.2) is 55.1 Å². The first-order valence-corrected chi connectivity index (χ1v) is 10.2. The Labute approximate surface area is 175 Å². The molecule has 0 saturated heterocycles. The smallest absolute Gasteiger partial charge is 0.255 e. The van der Waals surface area contributed by atoms with Crippen molar-refractivity contribution in [2.24, 2.45) is 0 Å². The van der Waals surface area contributed by atoms with Gasteiger partial charge in [0, 0.05) is 58.9 Å². The normalized spacial score (nSPS) is 13.9. The summed E-state index contributed by atoms with van der Waals surface area (Å²) in [4.78, 5) is 26.9. The van der Waals surface area contributed by atoms with Crippen molar-refractivity contribution in [2.75, 3.05) is 0 Å². The Morgan fingerprint density at radius 3 is 2.53 bits per heavy atom. The third kappa shape index (κ3) is 2.89. The third-order valence-corrected chi connectivity index (χ3v) is 5.87. The van der Waals surface area contributed by atoms with Crippen LogP contribution in [0.5, 0.6) is 0 Å². The number of rotatable bonds is 2. The highest BCUT2D eigenvalue weighted by Crippen LogP contribution is 2.36. The summed E-state index contributed by atoms with van der Waals surface area (Å²) in [5.41, 5.74) is 7.96. The molecule has 0 radical (unpaired) electrons. The summed E-state index contributed by atoms with van der Waals surface area (Å²) >= 11 is 0. The van der Waals surface area contributed by atoms with Gasteiger partial charge in [0.15, 0.2) is 0 Å². The second-order valence-corrected chi connectivity index (χ2v) is 8.95. The molecule has 0 saturated carbocycles. The first-order valence-electron chi connectivity index (χ1n) is 10.2. The molecule has 150 valence electrons. The minimum atomic E-state index is -0.201. The van der Waals surface area contributed by atoms with Crippen LogP contribution in [-0.4, -0.2) is 31.3 Å². The number of benzene rings is 1. The summed E-state index contributed by atoms with van der Waals surface area (Å²) in [7, 11) is 0. The van der Waals surface area contributed by atoms with E-state index in [0.29, 0.717) is 6.54 Å². The van der Waals surface area contributed by atoms with Crippen LogP contribution >= 0.6 is 0 Å². The van der Waals surface area contributed by atoms with Gasteiger partial charge in [-0.3, -0.25) is 9.78 Å². The van der Waals surface area contributed by atoms with E-state index in [4.69, 9.17) is 0 Å². The molecule has 1 amide bonds. The van der Waals surface area contributed by atoms with Crippen LogP contribution in [0.4, 0.5) is 0 Å². The van der Waals surface area contributed by atoms with Gasteiger partial charge in [-0.05, 0) is 74.2 Å². The fourth-order valence-electron chi connectivity index (χ4n) is 4.31. The predicted molar refractivity (Wildman–Crippen MR) is 119 cm³/mol. The molecule has 0 spiro atoms. The van der Waals surface area contributed by atoms with Crippen molar-refractivity contribution in [1.29, 1.82) is 0 Å². The number of nitrogens with zero attached hydrogens (tertiary/aromatic N) is 3. The Kier molecular flexibility index (Phi) is 4.03. The van der Waals surface area contributed by atoms with E-state index in [-0.39, 0.29) is 11.4 Å². The number of aromatic nitrogens is 3. The summed E-state index contributed by atoms with van der Waals surface area (Å²) in [5, 5.41) is 1.07. The number of aryl methyl sites for hydroxylation is 1. The Morgan fingerprint density at radius 2 is 1.80 bits per heavy atom. The monoisotopic (exact) mass is 396 g/mol. The number of pyridine rings is 2. The van der Waals surface area contributed by atoms with E-state index in [1.807, 2.05) is 36.4 Å². The molecule has 1 aromatic carbocycles. The molecular formula is C25H24N4O. The molecule has 5 nitrogen and oxygen atoms in total. The lowest BCUT2D eigenvalue weighted by molar-refractivity contribution is 0.0609. The summed E-state index contributed by atoms with van der Waals surface area (Å²) in [5.74, 6) is 0.126. The highest BCUT2D eigenvalue weighted by Gasteiger charge is 2.36. The molecule has 1 aliphatic rings. The second-order valence-electron chi connectivity index (χ2n) is 8.95. The van der Waals surface area contributed by atoms with Crippen molar-refractivity contribution in [3.05, 3.63) is 71.8 Å². The second kappa shape index (κ2) is 6.52. The quantitative estimate of drug-likeness (QED) is 0.496. The number of hydrogen-bond donors (Lipinski definition) is 1. The summed E-state index contributed by atoms with van der Waals surface area (Å²) in [6, 6.07) is 10.4. The van der Waals surface area contributed by atoms with Gasteiger partial charge in [0.25, 0.3) is 5.91 Å². The van der Waals surface area contributed by atoms with E-state index in [9.17, 15) is 4.79 Å². The summed E-state index contributed by atoms with van der Waals surface area (Å²) in [6.45, 7) is 8.91. The van der Waals surface area contributed by atoms with Gasteiger partial charge in [0.2, 0.25) is 0 Å². The number of hydrogen-bond acceptors (Lipinski definition) is 3. The van der Waals surface area contributed by atoms with Crippen LogP contribution in [0.2, 0.25) is 0 Å². The molecule has 5 rings (SSSR count). The number of nitrogens with one attached hydrogen (secondary N) is 1. The Morgan fingerprint density at radius 1 is 1.03 bits per heavy atom. The van der Waals surface area contributed by atoms with Crippen LogP contribution in [0.25, 0.3) is 33.3 Å². The van der Waals surface area contributed by atoms with Gasteiger partial charge < -0.3 is 9.88 Å². The maximum atomic E-state index is 13.0. The molecule has 4 heterocycles. The standard InChI is InChI=1S/C25H24N4O/c1-15-9-17(10-19-14-29(25(2,3)4)24(30)22(15)19)18-11-20-21(13-28-23(20)27-12-18)16-5-7-26-8-6-16/h5-13H,14H2,1-4H3,(H,27,28). The third-order valence-electron chi connectivity index (χ3n) is 5.87. The lowest BCUT2D eigenvalue weighted by Gasteiger charge is -2.31. The average molecular weight is 396 g/mol. The molecule has 0 bridgehead atoms. The number of aromatic amines is 1. The Bertz CT molecular complexity index is 1280. The zero-order valence-corrected chi connectivity index (χ0v) is 17.7. The number of H-pyrrole nitrogens is 1. The molecule has 4 aromatic rings. The number of carbonyl (C=O) groups excluding carboxylic acids is 1. The first-order chi connectivity index (χ1) is 14.3. The number of carbonyl (C=O) groups is 1. The van der Waals surface area contributed by atoms with Crippen LogP contribution in [0, 0.1) is 6.92 Å². The molecule has 3 aromatic heterocycles. The van der Waals surface area contributed by atoms with Crippen molar-refractivity contribution in [3.63, 3.8) is 0 Å². The van der Waals surface area contributed by atoms with E-state index in [0.717, 1.165) is 50.0 Å². The Balaban J connectivity index is 1.61. The maximum Gasteiger partial charge on any atom is 0.255 e. The lowest BCUT2D eigenvalue weighted by atomic mass is 9.96. The molecule has 0 atom stereocenters. The van der Waals surface area contributed by atoms with Gasteiger partial charge in [-0.2, -0.15) is 0 Å². The fraction of sp³-hybridized carbons (Fsp3) is 0.240. The molecule has 0 fully saturated rings. The minimum Gasteiger partial charge on any atom is -0.346 e. The SMILES string of the molecule is Cc1cc(-c2cnc3[nH]cc(-c4ccncc4)c3c2)cc2c1C(=O)N(C(C)(C)C)C2. The van der Waals surface area contributed by atoms with Crippen molar-refractivity contribution < 1.29 is 4.79 Å². The zero-order valence-electron chi connectivity index (χ0n) is 17.7. The minimum absolute atomic E-state index is 0.126. The first kappa shape index (κ1) is 18.6. The van der Waals surface area contributed by atoms with Crippen molar-refractivity contribution in [1.82, 2.24) is 19.9 Å². The summed E-state index contributed by atoms with van der Waals surface area (Å²) < 4.78 is 0. The van der Waals surface area contributed by atoms with Crippen molar-refractivity contribution >= 4 is 16.9 Å². The topological polar surface area (TPSA) is 61.9 Å². The predicted octanol–water partition coefficient (Wildman–Crippen LogP) is 5.35. The van der Waals surface area contributed by atoms with E-state index in [2.05, 4.69) is 53.9 Å². The van der Waals surface area contributed by atoms with E-state index < -0.39 is 0 Å². The van der Waals surface area contributed by atoms with E-state index >= 15 is 0 Å². The largest absolute Gasteiger partial charge is 0.346 e. The number of amides is 1. The highest BCUT2D eigenvalue weighted by molar-refractivity contribution is 6.01. The van der Waals surface area contributed by atoms with Gasteiger partial charge in [-0.1, -0.05) is 6.07 Å². The van der Waals surface area contributed by atoms with Crippen LogP contribution in [0.1, 0.15) is 42.3 Å². The summed E-state index contributed by atoms with van der Waals surface area (Å²) in [6.07, 6.45) is 7.49. The lowest BCUT2D eigenvalue weighted by Crippen LogP contribution is -2.41. The van der Waals surface area contributed by atoms with Gasteiger partial charge in [-0.15, -0.1) is 0 Å². The van der Waals surface area contributed by atoms with Crippen LogP contribution in [0.3, 0.4) is 0 Å². The van der Waals surface area contributed by atoms with Gasteiger partial charge >= 0.3 is 0 Å². The fourth-order valence-corrected chi connectivity index (χ4v) is 4.31. The molecule has 5 heteroatoms. The maximum absolute atomic E-state index is 13.0. The number of fused-ring (bicyclic) bond motifs is 2. The Hall–Kier alpha value is -3.47. The molecule has 0 aliphatic carbocycles. The van der Waals surface area contributed by atoms with Gasteiger partial charge in [0.1, 0.15) is 5.65 Å². The van der Waals surface area contributed by atoms with Crippen molar-refractivity contribution in [3.8, 4) is 22.3 Å². The highest BCUT2D eigenvalue weighted by atomic mass is 16.2. The van der Waals surface area contributed by atoms with Crippen LogP contribution in [-0.2, 0) is 6.54 Å². The van der Waals surface area contributed by atoms with Crippen molar-refractivity contribution in [2.45, 2.75) is 39.8 Å². The van der Waals surface area contributed by atoms with Crippen LogP contribution < -0.4 is 0 Å². The molecule has 0 unspecified atom stereocenters. The van der Waals surface area contributed by atoms with Gasteiger partial charge in [-0.25, -0.2) is 4.98 Å². The average Bonchev–Trinajstić information content (AvgIpc) is 3.29. The van der Waals surface area contributed by atoms with E-state index in [1.165, 1.54) is 0 Å². The molecule has 1 N–H and O–H groups in total. The van der Waals surface area contributed by atoms with E-state index in [1.54, 1.807) is 12.4 Å². The molecule has 1 aliphatic heterocycles. The van der Waals surface area contributed by atoms with Gasteiger partial charge in [0.05, 0.1) is 0 Å². The zero-order chi connectivity index (χ0) is 21.0. The molecular weight excluding hydrogens is 372 g/mol. The molecule has 30 heavy (non-hydrogen) atoms.